The van der Waals surface area contributed by atoms with Crippen molar-refractivity contribution in [3.8, 4) is 0 Å². The zero-order valence-electron chi connectivity index (χ0n) is 21.7. The monoisotopic (exact) mass is 516 g/mol. The van der Waals surface area contributed by atoms with Crippen LogP contribution in [0.3, 0.4) is 0 Å². The van der Waals surface area contributed by atoms with Crippen LogP contribution in [0.5, 0.6) is 0 Å². The molecule has 3 rings (SSSR count). The van der Waals surface area contributed by atoms with Crippen LogP contribution in [0.25, 0.3) is 0 Å². The van der Waals surface area contributed by atoms with Gasteiger partial charge in [-0.2, -0.15) is 0 Å². The zero-order valence-corrected chi connectivity index (χ0v) is 22.9. The van der Waals surface area contributed by atoms with Gasteiger partial charge in [0.1, 0.15) is 0 Å². The van der Waals surface area contributed by atoms with Crippen molar-refractivity contribution in [2.75, 3.05) is 0 Å². The van der Waals surface area contributed by atoms with E-state index in [1.165, 1.54) is 0 Å². The molecule has 0 amide bonds. The summed E-state index contributed by atoms with van der Waals surface area (Å²) in [4.78, 5) is 31.8. The van der Waals surface area contributed by atoms with Crippen LogP contribution in [0.2, 0.25) is 0 Å². The van der Waals surface area contributed by atoms with Crippen molar-refractivity contribution in [3.05, 3.63) is 106 Å². The van der Waals surface area contributed by atoms with E-state index in [0.717, 1.165) is 55.2 Å². The average molecular weight is 517 g/mol. The first-order valence-corrected chi connectivity index (χ1v) is 12.1. The number of carboxylic acid groups (broad SMARTS) is 3. The number of benzene rings is 3. The minimum absolute atomic E-state index is 0. The van der Waals surface area contributed by atoms with Crippen LogP contribution in [0.4, 0.5) is 0 Å². The molecule has 0 unspecified atom stereocenters. The van der Waals surface area contributed by atoms with Crippen molar-refractivity contribution >= 4 is 35.3 Å². The summed E-state index contributed by atoms with van der Waals surface area (Å²) in [6.45, 7) is 6.06. The van der Waals surface area contributed by atoms with Gasteiger partial charge in [-0.05, 0) is 36.0 Å². The predicted molar refractivity (Wildman–Crippen MR) is 140 cm³/mol. The molecule has 0 fully saturated rings. The minimum Gasteiger partial charge on any atom is -0.545 e. The first-order valence-electron chi connectivity index (χ1n) is 12.1. The summed E-state index contributed by atoms with van der Waals surface area (Å²) in [5.41, 5.74) is 3.54. The first kappa shape index (κ1) is 33.6. The van der Waals surface area contributed by atoms with Gasteiger partial charge in [0.2, 0.25) is 0 Å². The Morgan fingerprint density at radius 3 is 0.892 bits per heavy atom. The normalized spacial score (nSPS) is 9.49. The summed E-state index contributed by atoms with van der Waals surface area (Å²) in [6.07, 6.45) is 5.23. The van der Waals surface area contributed by atoms with Gasteiger partial charge in [-0.1, -0.05) is 113 Å². The molecule has 0 saturated heterocycles. The Balaban J connectivity index is 0.000000518. The van der Waals surface area contributed by atoms with Gasteiger partial charge >= 0.3 is 17.4 Å². The fraction of sp³-hybridized carbons (Fsp3) is 0.300. The Morgan fingerprint density at radius 1 is 0.486 bits per heavy atom. The van der Waals surface area contributed by atoms with Gasteiger partial charge in [0, 0.05) is 16.7 Å². The molecule has 0 saturated carbocycles. The molecule has 3 aromatic rings. The van der Waals surface area contributed by atoms with Gasteiger partial charge in [-0.15, -0.1) is 0 Å². The number of carbonyl (C=O) groups excluding carboxylic acids is 3. The summed E-state index contributed by atoms with van der Waals surface area (Å²) < 4.78 is 0. The molecule has 0 N–H and O–H groups in total. The molecule has 7 heteroatoms. The summed E-state index contributed by atoms with van der Waals surface area (Å²) in [7, 11) is 0. The second kappa shape index (κ2) is 18.8. The maximum Gasteiger partial charge on any atom is 3.00 e. The number of hydrogen-bond acceptors (Lipinski definition) is 6. The van der Waals surface area contributed by atoms with Crippen molar-refractivity contribution in [2.24, 2.45) is 0 Å². The summed E-state index contributed by atoms with van der Waals surface area (Å²) in [5, 5.41) is 31.8. The molecule has 192 valence electrons. The first-order chi connectivity index (χ1) is 17.3. The number of aryl methyl sites for hydroxylation is 3. The molecular formula is C30H33AlO6. The van der Waals surface area contributed by atoms with Gasteiger partial charge in [-0.25, -0.2) is 0 Å². The Kier molecular flexibility index (Phi) is 17.1. The third kappa shape index (κ3) is 11.9. The van der Waals surface area contributed by atoms with E-state index in [1.807, 2.05) is 57.2 Å². The fourth-order valence-electron chi connectivity index (χ4n) is 3.62. The molecule has 0 heterocycles. The largest absolute Gasteiger partial charge is 3.00 e. The van der Waals surface area contributed by atoms with E-state index in [1.54, 1.807) is 36.4 Å². The standard InChI is InChI=1S/3C10H12O2.Al/c3*1-2-5-8-6-3-4-7-9(8)10(11)12;/h3*3-4,6-7H,2,5H2,1H3,(H,11,12);/q;;;+3/p-3. The van der Waals surface area contributed by atoms with Gasteiger partial charge in [-0.3, -0.25) is 0 Å². The second-order valence-corrected chi connectivity index (χ2v) is 8.08. The molecule has 3 aromatic carbocycles. The topological polar surface area (TPSA) is 120 Å². The Morgan fingerprint density at radius 2 is 0.703 bits per heavy atom. The number of carbonyl (C=O) groups is 3. The van der Waals surface area contributed by atoms with Crippen LogP contribution in [-0.4, -0.2) is 35.3 Å². The average Bonchev–Trinajstić information content (AvgIpc) is 2.86. The molecule has 0 aliphatic heterocycles. The molecule has 6 nitrogen and oxygen atoms in total. The van der Waals surface area contributed by atoms with Crippen LogP contribution in [0.15, 0.2) is 72.8 Å². The third-order valence-electron chi connectivity index (χ3n) is 5.27. The van der Waals surface area contributed by atoms with Crippen molar-refractivity contribution in [1.29, 1.82) is 0 Å². The molecule has 0 bridgehead atoms. The van der Waals surface area contributed by atoms with Gasteiger partial charge in [0.25, 0.3) is 0 Å². The number of hydrogen-bond donors (Lipinski definition) is 0. The van der Waals surface area contributed by atoms with Gasteiger partial charge < -0.3 is 29.7 Å². The van der Waals surface area contributed by atoms with E-state index in [-0.39, 0.29) is 17.4 Å². The Bertz CT molecular complexity index is 985. The van der Waals surface area contributed by atoms with E-state index in [4.69, 9.17) is 0 Å². The maximum absolute atomic E-state index is 10.6. The van der Waals surface area contributed by atoms with E-state index < -0.39 is 17.9 Å². The molecule has 0 radical (unpaired) electrons. The van der Waals surface area contributed by atoms with Crippen molar-refractivity contribution in [2.45, 2.75) is 59.3 Å². The molecule has 37 heavy (non-hydrogen) atoms. The van der Waals surface area contributed by atoms with Crippen molar-refractivity contribution in [1.82, 2.24) is 0 Å². The molecular weight excluding hydrogens is 483 g/mol. The summed E-state index contributed by atoms with van der Waals surface area (Å²) in [5.74, 6) is -3.25. The van der Waals surface area contributed by atoms with E-state index >= 15 is 0 Å². The molecule has 0 atom stereocenters. The minimum atomic E-state index is -1.08. The Hall–Kier alpha value is -3.40. The van der Waals surface area contributed by atoms with E-state index in [0.29, 0.717) is 16.7 Å². The number of rotatable bonds is 9. The van der Waals surface area contributed by atoms with Crippen LogP contribution >= 0.6 is 0 Å². The molecule has 0 aliphatic rings. The van der Waals surface area contributed by atoms with Crippen LogP contribution in [0, 0.1) is 0 Å². The predicted octanol–water partition coefficient (Wildman–Crippen LogP) is 2.63. The van der Waals surface area contributed by atoms with Gasteiger partial charge in [0.15, 0.2) is 0 Å². The van der Waals surface area contributed by atoms with Crippen molar-refractivity contribution < 1.29 is 29.7 Å². The smallest absolute Gasteiger partial charge is 0.545 e. The van der Waals surface area contributed by atoms with Crippen molar-refractivity contribution in [3.63, 3.8) is 0 Å². The van der Waals surface area contributed by atoms with Crippen LogP contribution < -0.4 is 15.3 Å². The van der Waals surface area contributed by atoms with Crippen LogP contribution in [0.1, 0.15) is 87.8 Å². The summed E-state index contributed by atoms with van der Waals surface area (Å²) >= 11 is 0. The van der Waals surface area contributed by atoms with E-state index in [2.05, 4.69) is 0 Å². The summed E-state index contributed by atoms with van der Waals surface area (Å²) in [6, 6.07) is 20.9. The van der Waals surface area contributed by atoms with E-state index in [9.17, 15) is 29.7 Å². The molecule has 0 aliphatic carbocycles. The second-order valence-electron chi connectivity index (χ2n) is 8.08. The number of carboxylic acids is 3. The Labute approximate surface area is 230 Å². The molecule has 0 spiro atoms. The SMILES string of the molecule is CCCc1ccccc1C(=O)[O-].CCCc1ccccc1C(=O)[O-].CCCc1ccccc1C(=O)[O-].[Al+3]. The van der Waals surface area contributed by atoms with Gasteiger partial charge in [0.05, 0.1) is 17.9 Å². The molecule has 0 aromatic heterocycles. The number of aromatic carboxylic acids is 3. The quantitative estimate of drug-likeness (QED) is 0.403. The van der Waals surface area contributed by atoms with Crippen LogP contribution in [-0.2, 0) is 19.3 Å². The zero-order chi connectivity index (χ0) is 26.9. The fourth-order valence-corrected chi connectivity index (χ4v) is 3.62. The third-order valence-corrected chi connectivity index (χ3v) is 5.27. The maximum atomic E-state index is 10.6.